The second-order valence-corrected chi connectivity index (χ2v) is 3.76. The van der Waals surface area contributed by atoms with Crippen LogP contribution in [-0.4, -0.2) is 24.6 Å². The lowest BCUT2D eigenvalue weighted by atomic mass is 10.2. The molecule has 1 aromatic carbocycles. The summed E-state index contributed by atoms with van der Waals surface area (Å²) in [5.74, 6) is -0.0519. The Morgan fingerprint density at radius 2 is 2.06 bits per heavy atom. The van der Waals surface area contributed by atoms with Crippen molar-refractivity contribution in [1.29, 1.82) is 0 Å². The number of ether oxygens (including phenoxy) is 1. The molecule has 1 rings (SSSR count). The van der Waals surface area contributed by atoms with Crippen LogP contribution >= 0.6 is 12.2 Å². The average molecular weight is 237 g/mol. The predicted molar refractivity (Wildman–Crippen MR) is 67.6 cm³/mol. The molecule has 0 aliphatic heterocycles. The summed E-state index contributed by atoms with van der Waals surface area (Å²) in [7, 11) is 1.56. The molecule has 0 atom stereocenters. The van der Waals surface area contributed by atoms with Gasteiger partial charge in [-0.15, -0.1) is 0 Å². The van der Waals surface area contributed by atoms with Gasteiger partial charge in [-0.05, 0) is 30.8 Å². The Hall–Kier alpha value is -1.42. The van der Waals surface area contributed by atoms with Crippen molar-refractivity contribution >= 4 is 23.2 Å². The molecule has 0 radical (unpaired) electrons. The first-order chi connectivity index (χ1) is 7.74. The highest BCUT2D eigenvalue weighted by Crippen LogP contribution is 1.98. The molecule has 3 nitrogen and oxygen atoms in total. The third-order valence-corrected chi connectivity index (χ3v) is 2.48. The minimum Gasteiger partial charge on any atom is -0.490 e. The summed E-state index contributed by atoms with van der Waals surface area (Å²) in [5, 5.41) is 3.40. The summed E-state index contributed by atoms with van der Waals surface area (Å²) in [6, 6.07) is 9.14. The molecule has 0 fully saturated rings. The first kappa shape index (κ1) is 12.6. The van der Waals surface area contributed by atoms with Crippen molar-refractivity contribution in [3.8, 4) is 0 Å². The van der Waals surface area contributed by atoms with Crippen molar-refractivity contribution in [2.45, 2.75) is 12.8 Å². The van der Waals surface area contributed by atoms with E-state index in [2.05, 4.69) is 5.32 Å². The summed E-state index contributed by atoms with van der Waals surface area (Å²) in [5.41, 5.74) is 0.678. The number of carbonyl (C=O) groups excluding carboxylic acids is 1. The topological polar surface area (TPSA) is 38.3 Å². The van der Waals surface area contributed by atoms with Gasteiger partial charge in [0.2, 0.25) is 0 Å². The second kappa shape index (κ2) is 6.95. The van der Waals surface area contributed by atoms with Gasteiger partial charge in [-0.2, -0.15) is 0 Å². The number of benzene rings is 1. The van der Waals surface area contributed by atoms with E-state index in [4.69, 9.17) is 17.0 Å². The Bertz CT molecular complexity index is 351. The Morgan fingerprint density at radius 3 is 2.69 bits per heavy atom. The van der Waals surface area contributed by atoms with Crippen LogP contribution in [-0.2, 0) is 4.74 Å². The molecule has 0 heterocycles. The number of carbonyl (C=O) groups is 1. The van der Waals surface area contributed by atoms with E-state index in [0.29, 0.717) is 23.6 Å². The lowest BCUT2D eigenvalue weighted by Gasteiger charge is -2.05. The fraction of sp³-hybridized carbons (Fsp3) is 0.333. The fourth-order valence-electron chi connectivity index (χ4n) is 1.23. The molecule has 0 aliphatic rings. The Kier molecular flexibility index (Phi) is 5.50. The van der Waals surface area contributed by atoms with Gasteiger partial charge in [-0.25, -0.2) is 0 Å². The van der Waals surface area contributed by atoms with Crippen molar-refractivity contribution in [1.82, 2.24) is 5.32 Å². The van der Waals surface area contributed by atoms with E-state index < -0.39 is 0 Å². The Balaban J connectivity index is 2.24. The van der Waals surface area contributed by atoms with E-state index >= 15 is 0 Å². The minimum atomic E-state index is -0.0519. The van der Waals surface area contributed by atoms with Crippen LogP contribution in [0.2, 0.25) is 0 Å². The van der Waals surface area contributed by atoms with Crippen LogP contribution in [0.1, 0.15) is 23.2 Å². The minimum absolute atomic E-state index is 0.0519. The summed E-state index contributed by atoms with van der Waals surface area (Å²) in [6.45, 7) is 0.608. The van der Waals surface area contributed by atoms with Gasteiger partial charge in [0, 0.05) is 18.5 Å². The van der Waals surface area contributed by atoms with Gasteiger partial charge in [0.05, 0.1) is 7.11 Å². The second-order valence-electron chi connectivity index (χ2n) is 3.30. The zero-order valence-electron chi connectivity index (χ0n) is 9.23. The van der Waals surface area contributed by atoms with Crippen LogP contribution in [0, 0.1) is 0 Å². The molecule has 1 amide bonds. The summed E-state index contributed by atoms with van der Waals surface area (Å²) >= 11 is 4.89. The smallest absolute Gasteiger partial charge is 0.251 e. The third-order valence-electron chi connectivity index (χ3n) is 2.11. The molecule has 0 bridgehead atoms. The number of thiocarbonyl (C=S) groups is 1. The molecule has 0 spiro atoms. The Labute approximate surface area is 101 Å². The predicted octanol–water partition coefficient (Wildman–Crippen LogP) is 2.17. The lowest BCUT2D eigenvalue weighted by molar-refractivity contribution is 0.0953. The van der Waals surface area contributed by atoms with E-state index in [1.807, 2.05) is 18.2 Å². The normalized spacial score (nSPS) is 9.56. The first-order valence-electron chi connectivity index (χ1n) is 5.14. The summed E-state index contributed by atoms with van der Waals surface area (Å²) in [4.78, 5) is 11.6. The van der Waals surface area contributed by atoms with Gasteiger partial charge >= 0.3 is 0 Å². The molecule has 0 unspecified atom stereocenters. The molecule has 86 valence electrons. The van der Waals surface area contributed by atoms with Crippen molar-refractivity contribution in [3.63, 3.8) is 0 Å². The van der Waals surface area contributed by atoms with Crippen molar-refractivity contribution in [2.75, 3.05) is 13.7 Å². The van der Waals surface area contributed by atoms with E-state index in [0.717, 1.165) is 6.42 Å². The van der Waals surface area contributed by atoms with Crippen LogP contribution in [0.5, 0.6) is 0 Å². The number of hydrogen-bond acceptors (Lipinski definition) is 3. The maximum Gasteiger partial charge on any atom is 0.251 e. The van der Waals surface area contributed by atoms with Crippen LogP contribution in [0.3, 0.4) is 0 Å². The van der Waals surface area contributed by atoms with Crippen molar-refractivity contribution in [2.24, 2.45) is 0 Å². The number of rotatable bonds is 5. The highest BCUT2D eigenvalue weighted by molar-refractivity contribution is 7.80. The average Bonchev–Trinajstić information content (AvgIpc) is 2.35. The number of hydrogen-bond donors (Lipinski definition) is 1. The number of methoxy groups -OCH3 is 1. The summed E-state index contributed by atoms with van der Waals surface area (Å²) < 4.78 is 4.86. The number of amides is 1. The van der Waals surface area contributed by atoms with Crippen LogP contribution in [0.4, 0.5) is 0 Å². The molecule has 1 N–H and O–H groups in total. The first-order valence-corrected chi connectivity index (χ1v) is 5.55. The van der Waals surface area contributed by atoms with Gasteiger partial charge in [-0.3, -0.25) is 4.79 Å². The van der Waals surface area contributed by atoms with Crippen molar-refractivity contribution < 1.29 is 9.53 Å². The van der Waals surface area contributed by atoms with E-state index in [-0.39, 0.29) is 5.91 Å². The molecule has 0 saturated carbocycles. The monoisotopic (exact) mass is 237 g/mol. The molecule has 4 heteroatoms. The van der Waals surface area contributed by atoms with E-state index in [1.54, 1.807) is 19.2 Å². The van der Waals surface area contributed by atoms with E-state index in [1.165, 1.54) is 0 Å². The SMILES string of the molecule is COC(=S)CCCNC(=O)c1ccccc1. The maximum atomic E-state index is 11.6. The fourth-order valence-corrected chi connectivity index (χ4v) is 1.37. The zero-order valence-corrected chi connectivity index (χ0v) is 10.0. The van der Waals surface area contributed by atoms with Gasteiger partial charge in [-0.1, -0.05) is 18.2 Å². The van der Waals surface area contributed by atoms with Crippen LogP contribution in [0.25, 0.3) is 0 Å². The van der Waals surface area contributed by atoms with E-state index in [9.17, 15) is 4.79 Å². The van der Waals surface area contributed by atoms with Gasteiger partial charge in [0.25, 0.3) is 5.91 Å². The molecule has 0 aromatic heterocycles. The third kappa shape index (κ3) is 4.40. The molecule has 0 aliphatic carbocycles. The lowest BCUT2D eigenvalue weighted by Crippen LogP contribution is -2.24. The maximum absolute atomic E-state index is 11.6. The zero-order chi connectivity index (χ0) is 11.8. The van der Waals surface area contributed by atoms with Gasteiger partial charge in [0.15, 0.2) is 5.05 Å². The van der Waals surface area contributed by atoms with Crippen LogP contribution in [0.15, 0.2) is 30.3 Å². The molecule has 16 heavy (non-hydrogen) atoms. The quantitative estimate of drug-likeness (QED) is 0.630. The molecule has 1 aromatic rings. The molecular formula is C12H15NO2S. The molecule has 0 saturated heterocycles. The standard InChI is InChI=1S/C12H15NO2S/c1-15-11(16)8-5-9-13-12(14)10-6-3-2-4-7-10/h2-4,6-7H,5,8-9H2,1H3,(H,13,14). The van der Waals surface area contributed by atoms with Crippen molar-refractivity contribution in [3.05, 3.63) is 35.9 Å². The van der Waals surface area contributed by atoms with Gasteiger partial charge < -0.3 is 10.1 Å². The number of nitrogens with one attached hydrogen (secondary N) is 1. The Morgan fingerprint density at radius 1 is 1.38 bits per heavy atom. The van der Waals surface area contributed by atoms with Crippen LogP contribution < -0.4 is 5.32 Å². The molecular weight excluding hydrogens is 222 g/mol. The van der Waals surface area contributed by atoms with Gasteiger partial charge in [0.1, 0.15) is 0 Å². The summed E-state index contributed by atoms with van der Waals surface area (Å²) in [6.07, 6.45) is 1.49. The largest absolute Gasteiger partial charge is 0.490 e. The highest BCUT2D eigenvalue weighted by Gasteiger charge is 2.03. The highest BCUT2D eigenvalue weighted by atomic mass is 32.1.